The Morgan fingerprint density at radius 3 is 2.11 bits per heavy atom. The highest BCUT2D eigenvalue weighted by atomic mass is 32.2. The van der Waals surface area contributed by atoms with Crippen molar-refractivity contribution in [1.82, 2.24) is 4.90 Å². The molecule has 1 saturated heterocycles. The van der Waals surface area contributed by atoms with E-state index < -0.39 is 30.9 Å². The van der Waals surface area contributed by atoms with E-state index in [9.17, 15) is 9.59 Å². The summed E-state index contributed by atoms with van der Waals surface area (Å²) in [4.78, 5) is 27.8. The van der Waals surface area contributed by atoms with E-state index in [2.05, 4.69) is 56.0 Å². The number of hydrogen-bond acceptors (Lipinski definition) is 5. The number of benzene rings is 3. The lowest BCUT2D eigenvalue weighted by Crippen LogP contribution is -2.41. The van der Waals surface area contributed by atoms with Crippen LogP contribution in [0.25, 0.3) is 11.1 Å². The van der Waals surface area contributed by atoms with Crippen LogP contribution in [-0.4, -0.2) is 50.1 Å². The molecule has 0 spiro atoms. The maximum absolute atomic E-state index is 13.3. The number of amides is 1. The van der Waals surface area contributed by atoms with E-state index in [0.717, 1.165) is 27.6 Å². The van der Waals surface area contributed by atoms with Crippen LogP contribution < -0.4 is 0 Å². The highest BCUT2D eigenvalue weighted by Crippen LogP contribution is 2.48. The van der Waals surface area contributed by atoms with Crippen LogP contribution in [0, 0.1) is 0 Å². The number of esters is 1. The highest BCUT2D eigenvalue weighted by molar-refractivity contribution is 8.01. The molecule has 4 rings (SSSR count). The summed E-state index contributed by atoms with van der Waals surface area (Å²) in [5.41, 5.74) is 4.31. The molecular weight excluding hydrogens is 498 g/mol. The Morgan fingerprint density at radius 2 is 1.51 bits per heavy atom. The molecule has 0 bridgehead atoms. The zero-order chi connectivity index (χ0) is 26.5. The molecule has 0 aromatic heterocycles. The molecule has 0 radical (unpaired) electrons. The zero-order valence-corrected chi connectivity index (χ0v) is 23.8. The first-order chi connectivity index (χ1) is 17.7. The molecule has 0 N–H and O–H groups in total. The lowest BCUT2D eigenvalue weighted by molar-refractivity contribution is -0.145. The number of carbonyl (C=O) groups excluding carboxylic acids is 2. The second-order valence-electron chi connectivity index (χ2n) is 10.7. The Kier molecular flexibility index (Phi) is 8.45. The molecule has 194 valence electrons. The predicted octanol–water partition coefficient (Wildman–Crippen LogP) is 6.74. The van der Waals surface area contributed by atoms with Crippen LogP contribution in [0.5, 0.6) is 0 Å². The number of likely N-dealkylation sites (tertiary alicyclic amines) is 1. The number of carbonyl (C=O) groups is 2. The first kappa shape index (κ1) is 27.0. The summed E-state index contributed by atoms with van der Waals surface area (Å²) >= 11 is 1.86. The average Bonchev–Trinajstić information content (AvgIpc) is 3.32. The number of ether oxygens (including phenoxy) is 2. The van der Waals surface area contributed by atoms with Crippen molar-refractivity contribution in [2.45, 2.75) is 43.5 Å². The minimum atomic E-state index is -1.42. The Balaban J connectivity index is 1.64. The summed E-state index contributed by atoms with van der Waals surface area (Å²) in [5.74, 6) is -0.409. The molecular formula is C30H35NO4SSi. The topological polar surface area (TPSA) is 55.8 Å². The van der Waals surface area contributed by atoms with Crippen LogP contribution >= 0.6 is 11.8 Å². The third-order valence-electron chi connectivity index (χ3n) is 6.54. The van der Waals surface area contributed by atoms with Crippen LogP contribution in [0.3, 0.4) is 0 Å². The molecule has 1 heterocycles. The first-order valence-corrected chi connectivity index (χ1v) is 17.3. The van der Waals surface area contributed by atoms with Crippen LogP contribution in [0.1, 0.15) is 17.5 Å². The Bertz CT molecular complexity index is 1200. The molecule has 7 heteroatoms. The SMILES string of the molecule is COC(=O)[C@@H]1C[C@](SC[Si](C)(C)C)(c2ccc(-c3ccccc3)cc2)CN1C(=O)OCc1ccccc1. The van der Waals surface area contributed by atoms with Crippen LogP contribution in [0.15, 0.2) is 84.9 Å². The van der Waals surface area contributed by atoms with Gasteiger partial charge in [0.25, 0.3) is 0 Å². The normalized spacial score (nSPS) is 19.5. The van der Waals surface area contributed by atoms with E-state index in [4.69, 9.17) is 9.47 Å². The van der Waals surface area contributed by atoms with E-state index in [-0.39, 0.29) is 6.61 Å². The predicted molar refractivity (Wildman–Crippen MR) is 153 cm³/mol. The van der Waals surface area contributed by atoms with Crippen LogP contribution in [0.2, 0.25) is 19.6 Å². The molecule has 3 aromatic carbocycles. The fourth-order valence-electron chi connectivity index (χ4n) is 4.56. The van der Waals surface area contributed by atoms with Gasteiger partial charge in [0.15, 0.2) is 0 Å². The smallest absolute Gasteiger partial charge is 0.410 e. The van der Waals surface area contributed by atoms with Gasteiger partial charge in [-0.05, 0) is 34.1 Å². The minimum absolute atomic E-state index is 0.158. The molecule has 5 nitrogen and oxygen atoms in total. The van der Waals surface area contributed by atoms with E-state index in [0.29, 0.717) is 13.0 Å². The minimum Gasteiger partial charge on any atom is -0.467 e. The van der Waals surface area contributed by atoms with Gasteiger partial charge in [-0.25, -0.2) is 9.59 Å². The fourth-order valence-corrected chi connectivity index (χ4v) is 8.21. The van der Waals surface area contributed by atoms with Gasteiger partial charge in [-0.15, -0.1) is 0 Å². The van der Waals surface area contributed by atoms with Crippen LogP contribution in [0.4, 0.5) is 4.79 Å². The molecule has 0 aliphatic carbocycles. The van der Waals surface area contributed by atoms with Crippen molar-refractivity contribution in [2.24, 2.45) is 0 Å². The van der Waals surface area contributed by atoms with Gasteiger partial charge < -0.3 is 9.47 Å². The Labute approximate surface area is 225 Å². The Hall–Kier alpha value is -3.03. The number of rotatable bonds is 8. The number of thioether (sulfide) groups is 1. The third-order valence-corrected chi connectivity index (χ3v) is 11.7. The summed E-state index contributed by atoms with van der Waals surface area (Å²) in [6.45, 7) is 7.56. The lowest BCUT2D eigenvalue weighted by atomic mass is 9.93. The van der Waals surface area contributed by atoms with Gasteiger partial charge in [-0.1, -0.05) is 105 Å². The fraction of sp³-hybridized carbons (Fsp3) is 0.333. The second kappa shape index (κ2) is 11.6. The van der Waals surface area contributed by atoms with Crippen molar-refractivity contribution in [3.05, 3.63) is 96.1 Å². The molecule has 1 fully saturated rings. The van der Waals surface area contributed by atoms with Crippen molar-refractivity contribution >= 4 is 31.9 Å². The summed E-state index contributed by atoms with van der Waals surface area (Å²) < 4.78 is 10.4. The first-order valence-electron chi connectivity index (χ1n) is 12.6. The van der Waals surface area contributed by atoms with Gasteiger partial charge >= 0.3 is 12.1 Å². The van der Waals surface area contributed by atoms with Crippen molar-refractivity contribution in [1.29, 1.82) is 0 Å². The number of methoxy groups -OCH3 is 1. The number of hydrogen-bond donors (Lipinski definition) is 0. The van der Waals surface area contributed by atoms with E-state index in [1.165, 1.54) is 7.11 Å². The van der Waals surface area contributed by atoms with E-state index >= 15 is 0 Å². The largest absolute Gasteiger partial charge is 0.467 e. The quantitative estimate of drug-likeness (QED) is 0.237. The molecule has 1 aliphatic heterocycles. The Morgan fingerprint density at radius 1 is 0.919 bits per heavy atom. The molecule has 0 saturated carbocycles. The van der Waals surface area contributed by atoms with Gasteiger partial charge in [0.05, 0.1) is 19.9 Å². The van der Waals surface area contributed by atoms with Gasteiger partial charge in [-0.3, -0.25) is 4.90 Å². The third kappa shape index (κ3) is 6.65. The summed E-state index contributed by atoms with van der Waals surface area (Å²) in [6, 6.07) is 27.7. The molecule has 3 aromatic rings. The standard InChI is InChI=1S/C30H35NO4SSi/c1-34-28(32)27-19-30(36-22-37(2,3)4,21-31(27)29(33)35-20-23-11-7-5-8-12-23)26-17-15-25(16-18-26)24-13-9-6-10-14-24/h5-18,27H,19-22H2,1-4H3/t27-,30+/m0/s1. The van der Waals surface area contributed by atoms with Gasteiger partial charge in [-0.2, -0.15) is 11.8 Å². The van der Waals surface area contributed by atoms with Crippen molar-refractivity contribution < 1.29 is 19.1 Å². The van der Waals surface area contributed by atoms with Crippen molar-refractivity contribution in [3.63, 3.8) is 0 Å². The average molecular weight is 534 g/mol. The van der Waals surface area contributed by atoms with Gasteiger partial charge in [0.1, 0.15) is 12.6 Å². The monoisotopic (exact) mass is 533 g/mol. The molecule has 1 amide bonds. The van der Waals surface area contributed by atoms with E-state index in [1.54, 1.807) is 4.90 Å². The van der Waals surface area contributed by atoms with Crippen LogP contribution in [-0.2, 0) is 25.6 Å². The van der Waals surface area contributed by atoms with Gasteiger partial charge in [0, 0.05) is 6.54 Å². The molecule has 0 unspecified atom stereocenters. The maximum Gasteiger partial charge on any atom is 0.410 e. The van der Waals surface area contributed by atoms with E-state index in [1.807, 2.05) is 60.3 Å². The lowest BCUT2D eigenvalue weighted by Gasteiger charge is -2.32. The number of nitrogens with zero attached hydrogens (tertiary/aromatic N) is 1. The highest BCUT2D eigenvalue weighted by Gasteiger charge is 2.51. The summed E-state index contributed by atoms with van der Waals surface area (Å²) in [7, 11) is -0.0474. The summed E-state index contributed by atoms with van der Waals surface area (Å²) in [5, 5.41) is 1.01. The second-order valence-corrected chi connectivity index (χ2v) is 18.0. The zero-order valence-electron chi connectivity index (χ0n) is 22.0. The molecule has 2 atom stereocenters. The maximum atomic E-state index is 13.3. The summed E-state index contributed by atoms with van der Waals surface area (Å²) in [6.07, 6.45) is -0.00410. The van der Waals surface area contributed by atoms with Crippen molar-refractivity contribution in [2.75, 3.05) is 19.0 Å². The van der Waals surface area contributed by atoms with Crippen molar-refractivity contribution in [3.8, 4) is 11.1 Å². The molecule has 1 aliphatic rings. The van der Waals surface area contributed by atoms with Gasteiger partial charge in [0.2, 0.25) is 0 Å². The molecule has 37 heavy (non-hydrogen) atoms.